The minimum absolute atomic E-state index is 0.116. The first-order chi connectivity index (χ1) is 16.7. The summed E-state index contributed by atoms with van der Waals surface area (Å²) >= 11 is 1.47. The van der Waals surface area contributed by atoms with Gasteiger partial charge < -0.3 is 20.1 Å². The molecule has 0 radical (unpaired) electrons. The van der Waals surface area contributed by atoms with Crippen molar-refractivity contribution in [3.05, 3.63) is 82.9 Å². The van der Waals surface area contributed by atoms with Crippen LogP contribution in [0.2, 0.25) is 0 Å². The van der Waals surface area contributed by atoms with Crippen molar-refractivity contribution in [3.8, 4) is 0 Å². The Morgan fingerprint density at radius 1 is 0.943 bits per heavy atom. The molecule has 0 spiro atoms. The number of esters is 2. The molecular weight excluding hydrogens is 460 g/mol. The second-order valence-corrected chi connectivity index (χ2v) is 10.4. The van der Waals surface area contributed by atoms with Crippen LogP contribution in [0.25, 0.3) is 0 Å². The molecule has 1 heterocycles. The van der Waals surface area contributed by atoms with Gasteiger partial charge in [-0.2, -0.15) is 0 Å². The van der Waals surface area contributed by atoms with Crippen molar-refractivity contribution in [1.82, 2.24) is 0 Å². The largest absolute Gasteiger partial charge is 0.461 e. The Balaban J connectivity index is 1.66. The lowest BCUT2D eigenvalue weighted by Crippen LogP contribution is -2.25. The molecule has 3 aromatic rings. The van der Waals surface area contributed by atoms with Crippen molar-refractivity contribution in [2.45, 2.75) is 55.7 Å². The second kappa shape index (κ2) is 10.1. The van der Waals surface area contributed by atoms with Gasteiger partial charge in [0.15, 0.2) is 0 Å². The van der Waals surface area contributed by atoms with Gasteiger partial charge in [-0.05, 0) is 49.6 Å². The number of ether oxygens (including phenoxy) is 2. The lowest BCUT2D eigenvalue weighted by Gasteiger charge is -2.33. The molecule has 1 aliphatic rings. The zero-order valence-corrected chi connectivity index (χ0v) is 21.3. The van der Waals surface area contributed by atoms with E-state index in [0.717, 1.165) is 37.9 Å². The highest BCUT2D eigenvalue weighted by atomic mass is 32.2. The van der Waals surface area contributed by atoms with Gasteiger partial charge in [0, 0.05) is 18.5 Å². The number of benzene rings is 3. The van der Waals surface area contributed by atoms with E-state index in [1.54, 1.807) is 6.07 Å². The number of fused-ring (bicyclic) bond motifs is 2. The van der Waals surface area contributed by atoms with Crippen molar-refractivity contribution in [1.29, 1.82) is 0 Å². The SMILES string of the molecule is CN1c2cccc(C(=O)OC(C)(C)C)c2Sc2c(CC(=O)OCc3ccccc3)ccc(CN)c21. The molecular formula is C28H30N2O4S. The van der Waals surface area contributed by atoms with Gasteiger partial charge in [-0.25, -0.2) is 4.79 Å². The molecule has 0 atom stereocenters. The van der Waals surface area contributed by atoms with Crippen LogP contribution in [-0.2, 0) is 33.8 Å². The number of anilines is 2. The first-order valence-corrected chi connectivity index (χ1v) is 12.3. The molecule has 0 fully saturated rings. The topological polar surface area (TPSA) is 81.9 Å². The van der Waals surface area contributed by atoms with Crippen molar-refractivity contribution < 1.29 is 19.1 Å². The van der Waals surface area contributed by atoms with Crippen LogP contribution in [0.4, 0.5) is 11.4 Å². The van der Waals surface area contributed by atoms with Crippen LogP contribution in [0.15, 0.2) is 70.5 Å². The molecule has 0 unspecified atom stereocenters. The number of nitrogens with zero attached hydrogens (tertiary/aromatic N) is 1. The molecule has 4 rings (SSSR count). The fraction of sp³-hybridized carbons (Fsp3) is 0.286. The predicted octanol–water partition coefficient (Wildman–Crippen LogP) is 5.62. The zero-order chi connectivity index (χ0) is 25.2. The average Bonchev–Trinajstić information content (AvgIpc) is 2.82. The summed E-state index contributed by atoms with van der Waals surface area (Å²) in [6, 6.07) is 19.1. The third-order valence-electron chi connectivity index (χ3n) is 5.61. The lowest BCUT2D eigenvalue weighted by molar-refractivity contribution is -0.144. The summed E-state index contributed by atoms with van der Waals surface area (Å²) in [6.45, 7) is 6.12. The molecule has 182 valence electrons. The maximum absolute atomic E-state index is 13.0. The molecule has 0 bridgehead atoms. The van der Waals surface area contributed by atoms with Crippen LogP contribution in [0.3, 0.4) is 0 Å². The number of rotatable bonds is 6. The quantitative estimate of drug-likeness (QED) is 0.449. The summed E-state index contributed by atoms with van der Waals surface area (Å²) in [6.07, 6.45) is 0.116. The predicted molar refractivity (Wildman–Crippen MR) is 138 cm³/mol. The number of nitrogens with two attached hydrogens (primary N) is 1. The number of hydrogen-bond acceptors (Lipinski definition) is 7. The Bertz CT molecular complexity index is 1250. The van der Waals surface area contributed by atoms with Crippen molar-refractivity contribution in [2.24, 2.45) is 5.73 Å². The normalized spacial score (nSPS) is 12.5. The van der Waals surface area contributed by atoms with E-state index in [-0.39, 0.29) is 25.0 Å². The van der Waals surface area contributed by atoms with Crippen molar-refractivity contribution in [3.63, 3.8) is 0 Å². The van der Waals surface area contributed by atoms with E-state index in [2.05, 4.69) is 0 Å². The Labute approximate surface area is 210 Å². The zero-order valence-electron chi connectivity index (χ0n) is 20.5. The number of hydrogen-bond donors (Lipinski definition) is 1. The average molecular weight is 491 g/mol. The van der Waals surface area contributed by atoms with Gasteiger partial charge in [0.1, 0.15) is 12.2 Å². The minimum atomic E-state index is -0.608. The van der Waals surface area contributed by atoms with Crippen LogP contribution in [0.5, 0.6) is 0 Å². The Hall–Kier alpha value is -3.29. The third kappa shape index (κ3) is 5.52. The smallest absolute Gasteiger partial charge is 0.339 e. The van der Waals surface area contributed by atoms with E-state index in [1.807, 2.05) is 87.3 Å². The first kappa shape index (κ1) is 24.8. The molecule has 0 saturated carbocycles. The summed E-state index contributed by atoms with van der Waals surface area (Å²) in [5, 5.41) is 0. The molecule has 1 aliphatic heterocycles. The van der Waals surface area contributed by atoms with Crippen LogP contribution >= 0.6 is 11.8 Å². The second-order valence-electron chi connectivity index (χ2n) is 9.41. The summed E-state index contributed by atoms with van der Waals surface area (Å²) in [5.41, 5.74) is 10.5. The van der Waals surface area contributed by atoms with E-state index in [9.17, 15) is 9.59 Å². The van der Waals surface area contributed by atoms with Gasteiger partial charge in [-0.15, -0.1) is 0 Å². The van der Waals surface area contributed by atoms with E-state index in [0.29, 0.717) is 12.1 Å². The third-order valence-corrected chi connectivity index (χ3v) is 6.90. The molecule has 3 aromatic carbocycles. The highest BCUT2D eigenvalue weighted by Gasteiger charge is 2.31. The molecule has 0 amide bonds. The van der Waals surface area contributed by atoms with E-state index >= 15 is 0 Å². The molecule has 0 saturated heterocycles. The standard InChI is InChI=1S/C28H30N2O4S/c1-28(2,3)34-27(32)21-11-8-12-22-26(21)35-25-19(13-14-20(16-29)24(25)30(22)4)15-23(31)33-17-18-9-6-5-7-10-18/h5-14H,15-17,29H2,1-4H3. The highest BCUT2D eigenvalue weighted by molar-refractivity contribution is 8.00. The summed E-state index contributed by atoms with van der Waals surface area (Å²) in [4.78, 5) is 29.5. The number of carbonyl (C=O) groups is 2. The fourth-order valence-corrected chi connectivity index (χ4v) is 5.41. The van der Waals surface area contributed by atoms with Gasteiger partial charge in [0.25, 0.3) is 0 Å². The van der Waals surface area contributed by atoms with Crippen LogP contribution in [-0.4, -0.2) is 24.6 Å². The molecule has 0 aromatic heterocycles. The van der Waals surface area contributed by atoms with E-state index in [1.165, 1.54) is 11.8 Å². The van der Waals surface area contributed by atoms with Crippen molar-refractivity contribution in [2.75, 3.05) is 11.9 Å². The molecule has 2 N–H and O–H groups in total. The van der Waals surface area contributed by atoms with Crippen LogP contribution in [0.1, 0.15) is 47.8 Å². The maximum atomic E-state index is 13.0. The molecule has 0 aliphatic carbocycles. The monoisotopic (exact) mass is 490 g/mol. The maximum Gasteiger partial charge on any atom is 0.339 e. The van der Waals surface area contributed by atoms with Gasteiger partial charge >= 0.3 is 11.9 Å². The highest BCUT2D eigenvalue weighted by Crippen LogP contribution is 2.51. The molecule has 7 heteroatoms. The fourth-order valence-electron chi connectivity index (χ4n) is 4.00. The summed E-state index contributed by atoms with van der Waals surface area (Å²) < 4.78 is 11.2. The lowest BCUT2D eigenvalue weighted by atomic mass is 10.0. The van der Waals surface area contributed by atoms with Gasteiger partial charge in [0.05, 0.1) is 28.3 Å². The molecule has 35 heavy (non-hydrogen) atoms. The number of carbonyl (C=O) groups excluding carboxylic acids is 2. The molecule has 6 nitrogen and oxygen atoms in total. The summed E-state index contributed by atoms with van der Waals surface area (Å²) in [5.74, 6) is -0.691. The van der Waals surface area contributed by atoms with Gasteiger partial charge in [-0.1, -0.05) is 60.3 Å². The Kier molecular flexibility index (Phi) is 7.19. The van der Waals surface area contributed by atoms with Crippen LogP contribution < -0.4 is 10.6 Å². The summed E-state index contributed by atoms with van der Waals surface area (Å²) in [7, 11) is 1.95. The van der Waals surface area contributed by atoms with E-state index in [4.69, 9.17) is 15.2 Å². The van der Waals surface area contributed by atoms with Gasteiger partial charge in [-0.3, -0.25) is 4.79 Å². The van der Waals surface area contributed by atoms with Gasteiger partial charge in [0.2, 0.25) is 0 Å². The van der Waals surface area contributed by atoms with Crippen molar-refractivity contribution >= 4 is 35.1 Å². The first-order valence-electron chi connectivity index (χ1n) is 11.5. The van der Waals surface area contributed by atoms with E-state index < -0.39 is 5.60 Å². The van der Waals surface area contributed by atoms with Crippen LogP contribution in [0, 0.1) is 0 Å². The Morgan fingerprint density at radius 3 is 2.34 bits per heavy atom. The minimum Gasteiger partial charge on any atom is -0.461 e. The Morgan fingerprint density at radius 2 is 1.66 bits per heavy atom.